The fourth-order valence-electron chi connectivity index (χ4n) is 4.17. The van der Waals surface area contributed by atoms with Gasteiger partial charge in [-0.15, -0.1) is 0 Å². The second-order valence-electron chi connectivity index (χ2n) is 6.81. The van der Waals surface area contributed by atoms with E-state index < -0.39 is 0 Å². The van der Waals surface area contributed by atoms with Gasteiger partial charge in [0, 0.05) is 18.4 Å². The number of nitrogen functional groups attached to an aromatic ring is 1. The highest BCUT2D eigenvalue weighted by Gasteiger charge is 2.40. The summed E-state index contributed by atoms with van der Waals surface area (Å²) in [7, 11) is 0. The second-order valence-corrected chi connectivity index (χ2v) is 6.81. The van der Waals surface area contributed by atoms with Crippen LogP contribution in [-0.2, 0) is 11.3 Å². The van der Waals surface area contributed by atoms with Gasteiger partial charge in [-0.05, 0) is 49.3 Å². The zero-order valence-corrected chi connectivity index (χ0v) is 12.6. The Bertz CT molecular complexity index is 640. The number of rotatable bonds is 2. The molecule has 1 atom stereocenters. The summed E-state index contributed by atoms with van der Waals surface area (Å²) < 4.78 is 8.79. The predicted octanol–water partition coefficient (Wildman–Crippen LogP) is 4.11. The number of nitrogens with zero attached hydrogens (tertiary/aromatic N) is 1. The summed E-state index contributed by atoms with van der Waals surface area (Å²) in [6.07, 6.45) is 11.6. The van der Waals surface area contributed by atoms with Gasteiger partial charge >= 0.3 is 0 Å². The average molecular weight is 284 g/mol. The molecule has 1 aliphatic heterocycles. The van der Waals surface area contributed by atoms with Crippen LogP contribution in [0.1, 0.15) is 44.9 Å². The maximum absolute atomic E-state index is 6.49. The van der Waals surface area contributed by atoms with Crippen molar-refractivity contribution in [2.75, 3.05) is 5.73 Å². The molecule has 2 aliphatic rings. The summed E-state index contributed by atoms with van der Waals surface area (Å²) in [6.45, 7) is 0.953. The van der Waals surface area contributed by atoms with Crippen LogP contribution in [-0.4, -0.2) is 16.3 Å². The SMILES string of the molecule is Nc1ccc2ccn(CC3CCC4(CCCCC4)O3)c2c1. The normalized spacial score (nSPS) is 24.9. The second kappa shape index (κ2) is 5.06. The molecule has 3 heteroatoms. The van der Waals surface area contributed by atoms with Gasteiger partial charge in [-0.25, -0.2) is 0 Å². The Morgan fingerprint density at radius 1 is 1.14 bits per heavy atom. The van der Waals surface area contributed by atoms with Crippen molar-refractivity contribution < 1.29 is 4.74 Å². The van der Waals surface area contributed by atoms with Crippen LogP contribution >= 0.6 is 0 Å². The van der Waals surface area contributed by atoms with E-state index in [0.717, 1.165) is 12.2 Å². The van der Waals surface area contributed by atoms with E-state index in [1.54, 1.807) is 0 Å². The van der Waals surface area contributed by atoms with Crippen LogP contribution in [0.4, 0.5) is 5.69 Å². The molecular weight excluding hydrogens is 260 g/mol. The van der Waals surface area contributed by atoms with Crippen molar-refractivity contribution in [2.24, 2.45) is 0 Å². The van der Waals surface area contributed by atoms with Gasteiger partial charge in [-0.1, -0.05) is 25.3 Å². The monoisotopic (exact) mass is 284 g/mol. The van der Waals surface area contributed by atoms with Crippen LogP contribution in [0.5, 0.6) is 0 Å². The molecule has 3 nitrogen and oxygen atoms in total. The predicted molar refractivity (Wildman–Crippen MR) is 86.3 cm³/mol. The summed E-state index contributed by atoms with van der Waals surface area (Å²) in [5.74, 6) is 0. The molecule has 0 radical (unpaired) electrons. The molecule has 1 saturated heterocycles. The zero-order chi connectivity index (χ0) is 14.3. The van der Waals surface area contributed by atoms with E-state index in [-0.39, 0.29) is 5.60 Å². The molecule has 112 valence electrons. The quantitative estimate of drug-likeness (QED) is 0.843. The molecule has 2 aromatic rings. The summed E-state index contributed by atoms with van der Waals surface area (Å²) in [5, 5.41) is 1.26. The fourth-order valence-corrected chi connectivity index (χ4v) is 4.17. The van der Waals surface area contributed by atoms with Crippen molar-refractivity contribution >= 4 is 16.6 Å². The first-order chi connectivity index (χ1) is 10.2. The third kappa shape index (κ3) is 2.44. The molecule has 1 saturated carbocycles. The van der Waals surface area contributed by atoms with E-state index in [1.165, 1.54) is 55.8 Å². The molecule has 0 amide bonds. The minimum Gasteiger partial charge on any atom is -0.399 e. The van der Waals surface area contributed by atoms with Crippen molar-refractivity contribution in [1.29, 1.82) is 0 Å². The van der Waals surface area contributed by atoms with Gasteiger partial charge in [-0.2, -0.15) is 0 Å². The molecule has 1 aromatic carbocycles. The number of aromatic nitrogens is 1. The van der Waals surface area contributed by atoms with Gasteiger partial charge in [0.2, 0.25) is 0 Å². The van der Waals surface area contributed by atoms with E-state index >= 15 is 0 Å². The highest BCUT2D eigenvalue weighted by Crippen LogP contribution is 2.42. The van der Waals surface area contributed by atoms with E-state index in [2.05, 4.69) is 29.0 Å². The Morgan fingerprint density at radius 3 is 2.86 bits per heavy atom. The maximum Gasteiger partial charge on any atom is 0.0762 e. The van der Waals surface area contributed by atoms with Crippen LogP contribution in [0, 0.1) is 0 Å². The first-order valence-electron chi connectivity index (χ1n) is 8.26. The van der Waals surface area contributed by atoms with Crippen molar-refractivity contribution in [1.82, 2.24) is 4.57 Å². The van der Waals surface area contributed by atoms with Gasteiger partial charge in [0.1, 0.15) is 0 Å². The van der Waals surface area contributed by atoms with Crippen molar-refractivity contribution in [3.8, 4) is 0 Å². The lowest BCUT2D eigenvalue weighted by Gasteiger charge is -2.33. The highest BCUT2D eigenvalue weighted by atomic mass is 16.5. The van der Waals surface area contributed by atoms with E-state index in [4.69, 9.17) is 10.5 Å². The van der Waals surface area contributed by atoms with Gasteiger partial charge < -0.3 is 15.0 Å². The minimum absolute atomic E-state index is 0.213. The molecule has 2 heterocycles. The Hall–Kier alpha value is -1.48. The van der Waals surface area contributed by atoms with E-state index in [1.807, 2.05) is 6.07 Å². The van der Waals surface area contributed by atoms with Gasteiger partial charge in [0.05, 0.1) is 17.2 Å². The smallest absolute Gasteiger partial charge is 0.0762 e. The van der Waals surface area contributed by atoms with Gasteiger partial charge in [-0.3, -0.25) is 0 Å². The molecule has 2 N–H and O–H groups in total. The van der Waals surface area contributed by atoms with Crippen molar-refractivity contribution in [3.05, 3.63) is 30.5 Å². The summed E-state index contributed by atoms with van der Waals surface area (Å²) in [4.78, 5) is 0. The van der Waals surface area contributed by atoms with Crippen molar-refractivity contribution in [3.63, 3.8) is 0 Å². The Morgan fingerprint density at radius 2 is 2.00 bits per heavy atom. The van der Waals surface area contributed by atoms with Gasteiger partial charge in [0.15, 0.2) is 0 Å². The number of anilines is 1. The molecule has 1 unspecified atom stereocenters. The Balaban J connectivity index is 1.52. The number of fused-ring (bicyclic) bond motifs is 1. The highest BCUT2D eigenvalue weighted by molar-refractivity contribution is 5.83. The molecular formula is C18H24N2O. The summed E-state index contributed by atoms with van der Waals surface area (Å²) >= 11 is 0. The number of nitrogens with two attached hydrogens (primary N) is 1. The molecule has 1 spiro atoms. The molecule has 0 bridgehead atoms. The maximum atomic E-state index is 6.49. The lowest BCUT2D eigenvalue weighted by atomic mass is 9.83. The van der Waals surface area contributed by atoms with Crippen LogP contribution < -0.4 is 5.73 Å². The lowest BCUT2D eigenvalue weighted by molar-refractivity contribution is -0.0676. The minimum atomic E-state index is 0.213. The number of benzene rings is 1. The number of ether oxygens (including phenoxy) is 1. The average Bonchev–Trinajstić information content (AvgIpc) is 3.06. The first-order valence-corrected chi connectivity index (χ1v) is 8.26. The third-order valence-corrected chi connectivity index (χ3v) is 5.30. The first kappa shape index (κ1) is 13.2. The van der Waals surface area contributed by atoms with Crippen LogP contribution in [0.15, 0.2) is 30.5 Å². The molecule has 1 aromatic heterocycles. The van der Waals surface area contributed by atoms with Crippen molar-refractivity contribution in [2.45, 2.75) is 63.2 Å². The van der Waals surface area contributed by atoms with Crippen LogP contribution in [0.25, 0.3) is 10.9 Å². The summed E-state index contributed by atoms with van der Waals surface area (Å²) in [6, 6.07) is 8.30. The standard InChI is InChI=1S/C18H24N2O/c19-15-5-4-14-7-11-20(17(14)12-15)13-16-6-10-18(21-16)8-2-1-3-9-18/h4-5,7,11-12,16H,1-3,6,8-10,13,19H2. The third-order valence-electron chi connectivity index (χ3n) is 5.30. The van der Waals surface area contributed by atoms with Crippen LogP contribution in [0.3, 0.4) is 0 Å². The number of hydrogen-bond acceptors (Lipinski definition) is 2. The molecule has 4 rings (SSSR count). The Labute approximate surface area is 126 Å². The number of hydrogen-bond donors (Lipinski definition) is 1. The van der Waals surface area contributed by atoms with E-state index in [9.17, 15) is 0 Å². The van der Waals surface area contributed by atoms with Crippen LogP contribution in [0.2, 0.25) is 0 Å². The molecule has 1 aliphatic carbocycles. The fraction of sp³-hybridized carbons (Fsp3) is 0.556. The zero-order valence-electron chi connectivity index (χ0n) is 12.6. The molecule has 2 fully saturated rings. The lowest BCUT2D eigenvalue weighted by Crippen LogP contribution is -2.32. The summed E-state index contributed by atoms with van der Waals surface area (Å²) in [5.41, 5.74) is 8.20. The topological polar surface area (TPSA) is 40.2 Å². The van der Waals surface area contributed by atoms with E-state index in [0.29, 0.717) is 6.10 Å². The van der Waals surface area contributed by atoms with Gasteiger partial charge in [0.25, 0.3) is 0 Å². The molecule has 21 heavy (non-hydrogen) atoms. The Kier molecular flexibility index (Phi) is 3.18. The largest absolute Gasteiger partial charge is 0.399 e.